The van der Waals surface area contributed by atoms with Crippen LogP contribution in [0.2, 0.25) is 0 Å². The SMILES string of the molecule is CC1(O)CC(N)(C2CCCSC2)C1. The lowest BCUT2D eigenvalue weighted by molar-refractivity contribution is -0.0902. The van der Waals surface area contributed by atoms with E-state index in [2.05, 4.69) is 0 Å². The van der Waals surface area contributed by atoms with Gasteiger partial charge in [0.05, 0.1) is 5.60 Å². The van der Waals surface area contributed by atoms with Gasteiger partial charge in [-0.05, 0) is 50.0 Å². The Morgan fingerprint density at radius 1 is 1.46 bits per heavy atom. The Balaban J connectivity index is 1.93. The van der Waals surface area contributed by atoms with Gasteiger partial charge in [-0.15, -0.1) is 0 Å². The van der Waals surface area contributed by atoms with Crippen LogP contribution in [0.25, 0.3) is 0 Å². The maximum Gasteiger partial charge on any atom is 0.0655 e. The van der Waals surface area contributed by atoms with Crippen LogP contribution in [0, 0.1) is 5.92 Å². The first kappa shape index (κ1) is 9.81. The van der Waals surface area contributed by atoms with Crippen LogP contribution in [0.1, 0.15) is 32.6 Å². The molecular formula is C10H19NOS. The van der Waals surface area contributed by atoms with Gasteiger partial charge in [0.1, 0.15) is 0 Å². The van der Waals surface area contributed by atoms with Gasteiger partial charge in [0.15, 0.2) is 0 Å². The minimum atomic E-state index is -0.475. The van der Waals surface area contributed by atoms with E-state index < -0.39 is 5.60 Å². The normalized spacial score (nSPS) is 51.5. The molecule has 2 nitrogen and oxygen atoms in total. The Bertz CT molecular complexity index is 191. The number of thioether (sulfide) groups is 1. The summed E-state index contributed by atoms with van der Waals surface area (Å²) in [5, 5.41) is 9.69. The van der Waals surface area contributed by atoms with Crippen molar-refractivity contribution >= 4 is 11.8 Å². The Morgan fingerprint density at radius 3 is 2.62 bits per heavy atom. The quantitative estimate of drug-likeness (QED) is 0.673. The molecule has 1 saturated heterocycles. The zero-order valence-electron chi connectivity index (χ0n) is 8.25. The van der Waals surface area contributed by atoms with E-state index in [1.165, 1.54) is 24.3 Å². The van der Waals surface area contributed by atoms with Crippen molar-refractivity contribution in [1.82, 2.24) is 0 Å². The first-order valence-electron chi connectivity index (χ1n) is 5.11. The average molecular weight is 201 g/mol. The van der Waals surface area contributed by atoms with Crippen LogP contribution in [-0.4, -0.2) is 27.8 Å². The molecule has 0 amide bonds. The second-order valence-electron chi connectivity index (χ2n) is 5.00. The zero-order chi connectivity index (χ0) is 9.53. The van der Waals surface area contributed by atoms with E-state index in [-0.39, 0.29) is 5.54 Å². The van der Waals surface area contributed by atoms with Crippen LogP contribution in [-0.2, 0) is 0 Å². The highest BCUT2D eigenvalue weighted by Gasteiger charge is 2.52. The third-order valence-electron chi connectivity index (χ3n) is 3.39. The summed E-state index contributed by atoms with van der Waals surface area (Å²) in [6, 6.07) is 0. The van der Waals surface area contributed by atoms with Crippen molar-refractivity contribution in [3.63, 3.8) is 0 Å². The van der Waals surface area contributed by atoms with Crippen LogP contribution < -0.4 is 5.73 Å². The van der Waals surface area contributed by atoms with Crippen molar-refractivity contribution in [2.75, 3.05) is 11.5 Å². The number of hydrogen-bond acceptors (Lipinski definition) is 3. The number of nitrogens with two attached hydrogens (primary N) is 1. The highest BCUT2D eigenvalue weighted by atomic mass is 32.2. The molecule has 0 aromatic carbocycles. The summed E-state index contributed by atoms with van der Waals surface area (Å²) in [6.07, 6.45) is 4.16. The fourth-order valence-corrected chi connectivity index (χ4v) is 4.17. The van der Waals surface area contributed by atoms with E-state index in [4.69, 9.17) is 5.73 Å². The van der Waals surface area contributed by atoms with Gasteiger partial charge in [-0.3, -0.25) is 0 Å². The molecule has 13 heavy (non-hydrogen) atoms. The summed E-state index contributed by atoms with van der Waals surface area (Å²) in [5.41, 5.74) is 5.76. The fourth-order valence-electron chi connectivity index (χ4n) is 2.85. The number of hydrogen-bond donors (Lipinski definition) is 2. The third kappa shape index (κ3) is 1.88. The maximum absolute atomic E-state index is 9.69. The van der Waals surface area contributed by atoms with Gasteiger partial charge in [-0.25, -0.2) is 0 Å². The minimum Gasteiger partial charge on any atom is -0.390 e. The molecule has 1 heterocycles. The number of aliphatic hydroxyl groups is 1. The van der Waals surface area contributed by atoms with Crippen molar-refractivity contribution in [3.8, 4) is 0 Å². The summed E-state index contributed by atoms with van der Waals surface area (Å²) >= 11 is 2.02. The molecule has 3 heteroatoms. The Kier molecular flexibility index (Phi) is 2.37. The summed E-state index contributed by atoms with van der Waals surface area (Å²) in [5.74, 6) is 3.14. The van der Waals surface area contributed by atoms with Crippen molar-refractivity contribution in [1.29, 1.82) is 0 Å². The van der Waals surface area contributed by atoms with Gasteiger partial charge in [0, 0.05) is 5.54 Å². The first-order chi connectivity index (χ1) is 6.02. The van der Waals surface area contributed by atoms with Gasteiger partial charge in [0.2, 0.25) is 0 Å². The predicted molar refractivity (Wildman–Crippen MR) is 56.8 cm³/mol. The third-order valence-corrected chi connectivity index (χ3v) is 4.61. The van der Waals surface area contributed by atoms with E-state index in [1.54, 1.807) is 0 Å². The largest absolute Gasteiger partial charge is 0.390 e. The molecule has 2 aliphatic rings. The molecule has 0 aromatic rings. The predicted octanol–water partition coefficient (Wildman–Crippen LogP) is 1.37. The van der Waals surface area contributed by atoms with Gasteiger partial charge in [-0.1, -0.05) is 0 Å². The second kappa shape index (κ2) is 3.14. The van der Waals surface area contributed by atoms with Crippen molar-refractivity contribution < 1.29 is 5.11 Å². The maximum atomic E-state index is 9.69. The van der Waals surface area contributed by atoms with E-state index in [0.29, 0.717) is 5.92 Å². The van der Waals surface area contributed by atoms with Crippen LogP contribution in [0.4, 0.5) is 0 Å². The Labute approximate surface area is 84.3 Å². The molecular weight excluding hydrogens is 182 g/mol. The monoisotopic (exact) mass is 201 g/mol. The molecule has 1 aliphatic carbocycles. The lowest BCUT2D eigenvalue weighted by Crippen LogP contribution is -2.65. The molecule has 0 aromatic heterocycles. The number of rotatable bonds is 1. The minimum absolute atomic E-state index is 0.0447. The Hall–Kier alpha value is 0.270. The van der Waals surface area contributed by atoms with Gasteiger partial charge in [0.25, 0.3) is 0 Å². The molecule has 0 spiro atoms. The summed E-state index contributed by atoms with van der Waals surface area (Å²) in [7, 11) is 0. The van der Waals surface area contributed by atoms with E-state index in [1.807, 2.05) is 18.7 Å². The molecule has 3 N–H and O–H groups in total. The standard InChI is InChI=1S/C10H19NOS/c1-9(12)6-10(11,7-9)8-3-2-4-13-5-8/h8,12H,2-7,11H2,1H3. The average Bonchev–Trinajstić information content (AvgIpc) is 2.02. The summed E-state index contributed by atoms with van der Waals surface area (Å²) in [6.45, 7) is 1.90. The van der Waals surface area contributed by atoms with Gasteiger partial charge in [-0.2, -0.15) is 11.8 Å². The van der Waals surface area contributed by atoms with Crippen molar-refractivity contribution in [2.24, 2.45) is 11.7 Å². The van der Waals surface area contributed by atoms with Crippen molar-refractivity contribution in [2.45, 2.75) is 43.7 Å². The molecule has 0 radical (unpaired) electrons. The second-order valence-corrected chi connectivity index (χ2v) is 6.15. The van der Waals surface area contributed by atoms with Crippen LogP contribution in [0.3, 0.4) is 0 Å². The smallest absolute Gasteiger partial charge is 0.0655 e. The molecule has 76 valence electrons. The highest BCUT2D eigenvalue weighted by Crippen LogP contribution is 2.47. The summed E-state index contributed by atoms with van der Waals surface area (Å²) < 4.78 is 0. The molecule has 1 aliphatic heterocycles. The molecule has 1 atom stereocenters. The van der Waals surface area contributed by atoms with Crippen LogP contribution in [0.5, 0.6) is 0 Å². The topological polar surface area (TPSA) is 46.2 Å². The highest BCUT2D eigenvalue weighted by molar-refractivity contribution is 7.99. The lowest BCUT2D eigenvalue weighted by atomic mass is 9.60. The van der Waals surface area contributed by atoms with Gasteiger partial charge >= 0.3 is 0 Å². The van der Waals surface area contributed by atoms with E-state index >= 15 is 0 Å². The van der Waals surface area contributed by atoms with Crippen LogP contribution >= 0.6 is 11.8 Å². The molecule has 1 unspecified atom stereocenters. The molecule has 0 bridgehead atoms. The van der Waals surface area contributed by atoms with E-state index in [9.17, 15) is 5.11 Å². The summed E-state index contributed by atoms with van der Waals surface area (Å²) in [4.78, 5) is 0. The molecule has 2 fully saturated rings. The van der Waals surface area contributed by atoms with Gasteiger partial charge < -0.3 is 10.8 Å². The van der Waals surface area contributed by atoms with Crippen LogP contribution in [0.15, 0.2) is 0 Å². The van der Waals surface area contributed by atoms with Crippen molar-refractivity contribution in [3.05, 3.63) is 0 Å². The molecule has 1 saturated carbocycles. The van der Waals surface area contributed by atoms with E-state index in [0.717, 1.165) is 12.8 Å². The first-order valence-corrected chi connectivity index (χ1v) is 6.26. The fraction of sp³-hybridized carbons (Fsp3) is 1.00. The zero-order valence-corrected chi connectivity index (χ0v) is 9.07. The molecule has 2 rings (SSSR count). The Morgan fingerprint density at radius 2 is 2.15 bits per heavy atom. The lowest BCUT2D eigenvalue weighted by Gasteiger charge is -2.54.